The van der Waals surface area contributed by atoms with E-state index in [9.17, 15) is 0 Å². The van der Waals surface area contributed by atoms with Gasteiger partial charge in [0.15, 0.2) is 0 Å². The molecule has 3 N–H and O–H groups in total. The number of nitrogens with one attached hydrogen (secondary N) is 1. The summed E-state index contributed by atoms with van der Waals surface area (Å²) in [4.78, 5) is 0. The first-order valence-corrected chi connectivity index (χ1v) is 6.02. The monoisotopic (exact) mass is 253 g/mol. The molecule has 2 aromatic rings. The highest BCUT2D eigenvalue weighted by Gasteiger charge is 2.05. The molecule has 0 saturated heterocycles. The van der Waals surface area contributed by atoms with Crippen molar-refractivity contribution in [1.82, 2.24) is 4.37 Å². The molecule has 0 aliphatic heterocycles. The van der Waals surface area contributed by atoms with Gasteiger partial charge in [0.2, 0.25) is 0 Å². The Balaban J connectivity index is 2.02. The molecule has 0 unspecified atom stereocenters. The fraction of sp³-hybridized carbons (Fsp3) is 0.182. The molecular weight excluding hydrogens is 242 g/mol. The molecule has 1 aromatic heterocycles. The number of nitrogens with zero attached hydrogens (tertiary/aromatic N) is 1. The van der Waals surface area contributed by atoms with Crippen molar-refractivity contribution in [2.24, 2.45) is 0 Å². The third kappa shape index (κ3) is 2.46. The summed E-state index contributed by atoms with van der Waals surface area (Å²) in [5, 5.41) is 5.08. The Morgan fingerprint density at radius 3 is 2.62 bits per heavy atom. The third-order valence-electron chi connectivity index (χ3n) is 2.33. The van der Waals surface area contributed by atoms with Gasteiger partial charge < -0.3 is 11.1 Å². The predicted molar refractivity (Wildman–Crippen MR) is 70.0 cm³/mol. The van der Waals surface area contributed by atoms with Crippen LogP contribution in [0, 0.1) is 6.92 Å². The van der Waals surface area contributed by atoms with E-state index in [0.717, 1.165) is 22.1 Å². The molecule has 0 spiro atoms. The smallest absolute Gasteiger partial charge is 0.142 e. The molecule has 5 heteroatoms. The van der Waals surface area contributed by atoms with Crippen molar-refractivity contribution >= 4 is 34.0 Å². The first-order chi connectivity index (χ1) is 7.66. The number of nitrogen functional groups attached to an aromatic ring is 1. The SMILES string of the molecule is Cc1c(N)nsc1NCc1ccc(Cl)cc1. The van der Waals surface area contributed by atoms with E-state index in [1.807, 2.05) is 31.2 Å². The van der Waals surface area contributed by atoms with Crippen LogP contribution in [0.3, 0.4) is 0 Å². The molecule has 0 fully saturated rings. The largest absolute Gasteiger partial charge is 0.383 e. The van der Waals surface area contributed by atoms with Gasteiger partial charge in [-0.1, -0.05) is 23.7 Å². The number of nitrogens with two attached hydrogens (primary N) is 1. The molecule has 16 heavy (non-hydrogen) atoms. The van der Waals surface area contributed by atoms with E-state index in [1.54, 1.807) is 0 Å². The highest BCUT2D eigenvalue weighted by molar-refractivity contribution is 7.10. The molecule has 1 aromatic carbocycles. The van der Waals surface area contributed by atoms with Crippen molar-refractivity contribution in [3.63, 3.8) is 0 Å². The Hall–Kier alpha value is -1.26. The zero-order chi connectivity index (χ0) is 11.5. The summed E-state index contributed by atoms with van der Waals surface area (Å²) in [5.74, 6) is 0.601. The second-order valence-electron chi connectivity index (χ2n) is 3.50. The summed E-state index contributed by atoms with van der Waals surface area (Å²) in [6.45, 7) is 2.71. The maximum absolute atomic E-state index is 5.81. The van der Waals surface area contributed by atoms with Crippen LogP contribution in [0.15, 0.2) is 24.3 Å². The summed E-state index contributed by atoms with van der Waals surface area (Å²) >= 11 is 7.20. The summed E-state index contributed by atoms with van der Waals surface area (Å²) < 4.78 is 4.08. The number of rotatable bonds is 3. The van der Waals surface area contributed by atoms with Crippen LogP contribution in [-0.2, 0) is 6.54 Å². The van der Waals surface area contributed by atoms with Crippen LogP contribution in [0.2, 0.25) is 5.02 Å². The van der Waals surface area contributed by atoms with Crippen LogP contribution >= 0.6 is 23.1 Å². The molecule has 84 valence electrons. The topological polar surface area (TPSA) is 50.9 Å². The number of aromatic nitrogens is 1. The van der Waals surface area contributed by atoms with Gasteiger partial charge in [0.1, 0.15) is 10.8 Å². The van der Waals surface area contributed by atoms with Gasteiger partial charge in [-0.25, -0.2) is 0 Å². The van der Waals surface area contributed by atoms with Crippen molar-refractivity contribution in [1.29, 1.82) is 0 Å². The second kappa shape index (κ2) is 4.72. The minimum atomic E-state index is 0.601. The zero-order valence-corrected chi connectivity index (χ0v) is 10.4. The van der Waals surface area contributed by atoms with Crippen LogP contribution in [-0.4, -0.2) is 4.37 Å². The maximum Gasteiger partial charge on any atom is 0.142 e. The van der Waals surface area contributed by atoms with Gasteiger partial charge in [-0.2, -0.15) is 4.37 Å². The first-order valence-electron chi connectivity index (χ1n) is 4.87. The fourth-order valence-electron chi connectivity index (χ4n) is 1.30. The normalized spacial score (nSPS) is 10.4. The molecular formula is C11H12ClN3S. The Morgan fingerprint density at radius 2 is 2.06 bits per heavy atom. The molecule has 2 rings (SSSR count). The van der Waals surface area contributed by atoms with Gasteiger partial charge in [-0.05, 0) is 36.2 Å². The second-order valence-corrected chi connectivity index (χ2v) is 4.71. The Bertz CT molecular complexity index is 478. The molecule has 3 nitrogen and oxygen atoms in total. The molecule has 0 saturated carbocycles. The highest BCUT2D eigenvalue weighted by Crippen LogP contribution is 2.25. The molecule has 0 aliphatic rings. The first kappa shape index (κ1) is 11.2. The number of halogens is 1. The Labute approximate surface area is 103 Å². The van der Waals surface area contributed by atoms with Crippen molar-refractivity contribution in [2.45, 2.75) is 13.5 Å². The van der Waals surface area contributed by atoms with E-state index in [2.05, 4.69) is 9.69 Å². The number of hydrogen-bond donors (Lipinski definition) is 2. The van der Waals surface area contributed by atoms with Gasteiger partial charge in [0.05, 0.1) is 0 Å². The van der Waals surface area contributed by atoms with Gasteiger partial charge >= 0.3 is 0 Å². The average molecular weight is 254 g/mol. The van der Waals surface area contributed by atoms with Crippen LogP contribution in [0.5, 0.6) is 0 Å². The molecule has 0 radical (unpaired) electrons. The van der Waals surface area contributed by atoms with Gasteiger partial charge in [-0.3, -0.25) is 0 Å². The Morgan fingerprint density at radius 1 is 1.38 bits per heavy atom. The van der Waals surface area contributed by atoms with E-state index >= 15 is 0 Å². The minimum Gasteiger partial charge on any atom is -0.383 e. The summed E-state index contributed by atoms with van der Waals surface area (Å²) in [6, 6.07) is 7.75. The molecule has 0 atom stereocenters. The van der Waals surface area contributed by atoms with Gasteiger partial charge in [0, 0.05) is 17.1 Å². The van der Waals surface area contributed by atoms with Crippen molar-refractivity contribution in [3.8, 4) is 0 Å². The predicted octanol–water partition coefficient (Wildman–Crippen LogP) is 3.30. The van der Waals surface area contributed by atoms with E-state index < -0.39 is 0 Å². The Kier molecular flexibility index (Phi) is 3.31. The molecule has 0 aliphatic carbocycles. The van der Waals surface area contributed by atoms with E-state index in [0.29, 0.717) is 5.82 Å². The van der Waals surface area contributed by atoms with Crippen molar-refractivity contribution in [2.75, 3.05) is 11.1 Å². The van der Waals surface area contributed by atoms with Crippen LogP contribution < -0.4 is 11.1 Å². The van der Waals surface area contributed by atoms with E-state index in [1.165, 1.54) is 17.1 Å². The van der Waals surface area contributed by atoms with E-state index in [-0.39, 0.29) is 0 Å². The lowest BCUT2D eigenvalue weighted by atomic mass is 10.2. The standard InChI is InChI=1S/C11H12ClN3S/c1-7-10(13)15-16-11(7)14-6-8-2-4-9(12)5-3-8/h2-5,14H,6H2,1H3,(H2,13,15). The number of hydrogen-bond acceptors (Lipinski definition) is 4. The van der Waals surface area contributed by atoms with Gasteiger partial charge in [-0.15, -0.1) is 0 Å². The molecule has 0 bridgehead atoms. The van der Waals surface area contributed by atoms with Crippen LogP contribution in [0.25, 0.3) is 0 Å². The van der Waals surface area contributed by atoms with Gasteiger partial charge in [0.25, 0.3) is 0 Å². The summed E-state index contributed by atoms with van der Waals surface area (Å²) in [7, 11) is 0. The average Bonchev–Trinajstić information content (AvgIpc) is 2.60. The quantitative estimate of drug-likeness (QED) is 0.883. The molecule has 1 heterocycles. The van der Waals surface area contributed by atoms with E-state index in [4.69, 9.17) is 17.3 Å². The maximum atomic E-state index is 5.81. The fourth-order valence-corrected chi connectivity index (χ4v) is 2.13. The summed E-state index contributed by atoms with van der Waals surface area (Å²) in [6.07, 6.45) is 0. The van der Waals surface area contributed by atoms with Crippen LogP contribution in [0.1, 0.15) is 11.1 Å². The third-order valence-corrected chi connectivity index (χ3v) is 3.50. The van der Waals surface area contributed by atoms with Crippen LogP contribution in [0.4, 0.5) is 10.8 Å². The minimum absolute atomic E-state index is 0.601. The van der Waals surface area contributed by atoms with Crippen molar-refractivity contribution < 1.29 is 0 Å². The summed E-state index contributed by atoms with van der Waals surface area (Å²) in [5.41, 5.74) is 7.86. The molecule has 0 amide bonds. The lowest BCUT2D eigenvalue weighted by Crippen LogP contribution is -1.98. The number of benzene rings is 1. The number of anilines is 2. The van der Waals surface area contributed by atoms with Crippen molar-refractivity contribution in [3.05, 3.63) is 40.4 Å². The lowest BCUT2D eigenvalue weighted by Gasteiger charge is -2.04. The highest BCUT2D eigenvalue weighted by atomic mass is 35.5. The zero-order valence-electron chi connectivity index (χ0n) is 8.83. The lowest BCUT2D eigenvalue weighted by molar-refractivity contribution is 1.15.